The second-order valence-corrected chi connectivity index (χ2v) is 6.14. The summed E-state index contributed by atoms with van der Waals surface area (Å²) in [5.74, 6) is 0. The fourth-order valence-electron chi connectivity index (χ4n) is 2.96. The second-order valence-electron chi connectivity index (χ2n) is 6.14. The summed E-state index contributed by atoms with van der Waals surface area (Å²) < 4.78 is 0. The molecule has 0 atom stereocenters. The summed E-state index contributed by atoms with van der Waals surface area (Å²) in [6.07, 6.45) is 1.78. The molecule has 0 unspecified atom stereocenters. The molecule has 2 heteroatoms. The quantitative estimate of drug-likeness (QED) is 0.396. The molecule has 4 aromatic rings. The van der Waals surface area contributed by atoms with Gasteiger partial charge in [0.25, 0.3) is 0 Å². The number of rotatable bonds is 4. The average Bonchev–Trinajstić information content (AvgIpc) is 2.80. The summed E-state index contributed by atoms with van der Waals surface area (Å²) in [5.41, 5.74) is 5.61. The zero-order valence-electron chi connectivity index (χ0n) is 15.4. The van der Waals surface area contributed by atoms with Crippen LogP contribution in [-0.4, -0.2) is 12.6 Å². The molecule has 0 bridgehead atoms. The van der Waals surface area contributed by atoms with Crippen molar-refractivity contribution in [2.75, 3.05) is 0 Å². The van der Waals surface area contributed by atoms with E-state index in [4.69, 9.17) is 0 Å². The molecule has 2 nitrogen and oxygen atoms in total. The third kappa shape index (κ3) is 4.68. The molecule has 0 amide bonds. The predicted molar refractivity (Wildman–Crippen MR) is 115 cm³/mol. The predicted octanol–water partition coefficient (Wildman–Crippen LogP) is 6.33. The molecule has 0 aliphatic carbocycles. The first-order chi connectivity index (χ1) is 13.8. The molecule has 0 heterocycles. The van der Waals surface area contributed by atoms with E-state index in [9.17, 15) is 9.59 Å². The zero-order valence-corrected chi connectivity index (χ0v) is 15.4. The van der Waals surface area contributed by atoms with Gasteiger partial charge >= 0.3 is 0 Å². The normalized spacial score (nSPS) is 9.71. The summed E-state index contributed by atoms with van der Waals surface area (Å²) in [5, 5.41) is 0. The molecule has 28 heavy (non-hydrogen) atoms. The first-order valence-corrected chi connectivity index (χ1v) is 9.02. The molecule has 0 aromatic heterocycles. The molecule has 0 saturated heterocycles. The molecule has 0 radical (unpaired) electrons. The van der Waals surface area contributed by atoms with Crippen LogP contribution in [0, 0.1) is 0 Å². The summed E-state index contributed by atoms with van der Waals surface area (Å²) in [7, 11) is 0. The molecule has 0 fully saturated rings. The Bertz CT molecular complexity index is 951. The van der Waals surface area contributed by atoms with Gasteiger partial charge in [-0.25, -0.2) is 0 Å². The first kappa shape index (κ1) is 19.0. The third-order valence-electron chi connectivity index (χ3n) is 4.35. The van der Waals surface area contributed by atoms with E-state index in [1.807, 2.05) is 109 Å². The molecular weight excluding hydrogens is 344 g/mol. The van der Waals surface area contributed by atoms with Crippen LogP contribution in [0.5, 0.6) is 0 Å². The van der Waals surface area contributed by atoms with Gasteiger partial charge in [0.05, 0.1) is 0 Å². The van der Waals surface area contributed by atoms with Crippen molar-refractivity contribution in [2.24, 2.45) is 0 Å². The first-order valence-electron chi connectivity index (χ1n) is 9.02. The lowest BCUT2D eigenvalue weighted by atomic mass is 10.0. The van der Waals surface area contributed by atoms with Crippen molar-refractivity contribution in [2.45, 2.75) is 0 Å². The molecule has 0 N–H and O–H groups in total. The van der Waals surface area contributed by atoms with Crippen LogP contribution in [0.2, 0.25) is 0 Å². The molecule has 4 rings (SSSR count). The molecule has 0 aliphatic heterocycles. The van der Waals surface area contributed by atoms with E-state index in [0.29, 0.717) is 0 Å². The Balaban J connectivity index is 0.000000161. The number of hydrogen-bond acceptors (Lipinski definition) is 2. The maximum Gasteiger partial charge on any atom is 0.150 e. The Hall–Kier alpha value is -3.78. The van der Waals surface area contributed by atoms with E-state index in [0.717, 1.165) is 46.0 Å². The Morgan fingerprint density at radius 3 is 1.07 bits per heavy atom. The van der Waals surface area contributed by atoms with Gasteiger partial charge in [0.1, 0.15) is 0 Å². The van der Waals surface area contributed by atoms with E-state index >= 15 is 0 Å². The Kier molecular flexibility index (Phi) is 6.64. The number of carbonyl (C=O) groups excluding carboxylic acids is 2. The molecule has 0 spiro atoms. The lowest BCUT2D eigenvalue weighted by Crippen LogP contribution is -1.85. The Labute approximate surface area is 165 Å². The Morgan fingerprint density at radius 2 is 0.714 bits per heavy atom. The van der Waals surface area contributed by atoms with Crippen molar-refractivity contribution in [3.05, 3.63) is 120 Å². The number of hydrogen-bond donors (Lipinski definition) is 0. The van der Waals surface area contributed by atoms with Gasteiger partial charge in [-0.15, -0.1) is 0 Å². The summed E-state index contributed by atoms with van der Waals surface area (Å²) in [6, 6.07) is 35.0. The SMILES string of the molecule is O=Cc1ccccc1-c1ccccc1.O=Cc1ccccc1-c1ccccc1. The van der Waals surface area contributed by atoms with Crippen molar-refractivity contribution < 1.29 is 9.59 Å². The van der Waals surface area contributed by atoms with E-state index in [1.54, 1.807) is 0 Å². The highest BCUT2D eigenvalue weighted by Crippen LogP contribution is 2.22. The van der Waals surface area contributed by atoms with Gasteiger partial charge < -0.3 is 0 Å². The van der Waals surface area contributed by atoms with Crippen molar-refractivity contribution in [1.29, 1.82) is 0 Å². The third-order valence-corrected chi connectivity index (χ3v) is 4.35. The molecule has 136 valence electrons. The summed E-state index contributed by atoms with van der Waals surface area (Å²) in [4.78, 5) is 21.6. The summed E-state index contributed by atoms with van der Waals surface area (Å²) >= 11 is 0. The van der Waals surface area contributed by atoms with Crippen molar-refractivity contribution in [3.63, 3.8) is 0 Å². The van der Waals surface area contributed by atoms with Gasteiger partial charge in [0, 0.05) is 11.1 Å². The monoisotopic (exact) mass is 364 g/mol. The van der Waals surface area contributed by atoms with Crippen molar-refractivity contribution >= 4 is 12.6 Å². The van der Waals surface area contributed by atoms with E-state index in [-0.39, 0.29) is 0 Å². The van der Waals surface area contributed by atoms with E-state index < -0.39 is 0 Å². The molecule has 0 saturated carbocycles. The topological polar surface area (TPSA) is 34.1 Å². The average molecular weight is 364 g/mol. The van der Waals surface area contributed by atoms with Gasteiger partial charge in [-0.05, 0) is 22.3 Å². The minimum atomic E-state index is 0.735. The van der Waals surface area contributed by atoms with Crippen LogP contribution < -0.4 is 0 Å². The second kappa shape index (κ2) is 9.79. The van der Waals surface area contributed by atoms with Gasteiger partial charge in [-0.1, -0.05) is 109 Å². The fraction of sp³-hybridized carbons (Fsp3) is 0. The highest BCUT2D eigenvalue weighted by molar-refractivity contribution is 5.88. The molecule has 0 aliphatic rings. The zero-order chi connectivity index (χ0) is 19.6. The maximum absolute atomic E-state index is 10.8. The van der Waals surface area contributed by atoms with Crippen LogP contribution in [0.1, 0.15) is 20.7 Å². The van der Waals surface area contributed by atoms with Gasteiger partial charge in [0.15, 0.2) is 12.6 Å². The van der Waals surface area contributed by atoms with Gasteiger partial charge in [0.2, 0.25) is 0 Å². The molecule has 4 aromatic carbocycles. The fourth-order valence-corrected chi connectivity index (χ4v) is 2.96. The van der Waals surface area contributed by atoms with E-state index in [1.165, 1.54) is 0 Å². The number of aldehydes is 2. The van der Waals surface area contributed by atoms with Crippen LogP contribution in [-0.2, 0) is 0 Å². The van der Waals surface area contributed by atoms with E-state index in [2.05, 4.69) is 0 Å². The maximum atomic E-state index is 10.8. The molecular formula is C26H20O2. The van der Waals surface area contributed by atoms with Crippen LogP contribution in [0.4, 0.5) is 0 Å². The largest absolute Gasteiger partial charge is 0.298 e. The highest BCUT2D eigenvalue weighted by Gasteiger charge is 2.02. The minimum absolute atomic E-state index is 0.735. The summed E-state index contributed by atoms with van der Waals surface area (Å²) in [6.45, 7) is 0. The smallest absolute Gasteiger partial charge is 0.150 e. The minimum Gasteiger partial charge on any atom is -0.298 e. The highest BCUT2D eigenvalue weighted by atomic mass is 16.1. The van der Waals surface area contributed by atoms with Crippen LogP contribution in [0.25, 0.3) is 22.3 Å². The Morgan fingerprint density at radius 1 is 0.393 bits per heavy atom. The van der Waals surface area contributed by atoms with Crippen LogP contribution in [0.3, 0.4) is 0 Å². The lowest BCUT2D eigenvalue weighted by molar-refractivity contribution is 0.111. The number of benzene rings is 4. The van der Waals surface area contributed by atoms with Crippen LogP contribution >= 0.6 is 0 Å². The lowest BCUT2D eigenvalue weighted by Gasteiger charge is -2.03. The van der Waals surface area contributed by atoms with Gasteiger partial charge in [-0.3, -0.25) is 9.59 Å². The van der Waals surface area contributed by atoms with Crippen LogP contribution in [0.15, 0.2) is 109 Å². The van der Waals surface area contributed by atoms with Crippen molar-refractivity contribution in [1.82, 2.24) is 0 Å². The number of carbonyl (C=O) groups is 2. The standard InChI is InChI=1S/2C13H10O/c2*14-10-12-8-4-5-9-13(12)11-6-2-1-3-7-11/h2*1-10H. The van der Waals surface area contributed by atoms with Gasteiger partial charge in [-0.2, -0.15) is 0 Å². The van der Waals surface area contributed by atoms with Crippen molar-refractivity contribution in [3.8, 4) is 22.3 Å².